The number of rotatable bonds is 3. The highest BCUT2D eigenvalue weighted by Gasteiger charge is 2.22. The second kappa shape index (κ2) is 8.78. The van der Waals surface area contributed by atoms with E-state index >= 15 is 0 Å². The summed E-state index contributed by atoms with van der Waals surface area (Å²) in [5, 5.41) is 3.48. The van der Waals surface area contributed by atoms with E-state index < -0.39 is 0 Å². The summed E-state index contributed by atoms with van der Waals surface area (Å²) in [5.41, 5.74) is 4.74. The van der Waals surface area contributed by atoms with Crippen LogP contribution in [0.3, 0.4) is 0 Å². The van der Waals surface area contributed by atoms with Gasteiger partial charge in [0.05, 0.1) is 0 Å². The van der Waals surface area contributed by atoms with Crippen molar-refractivity contribution in [1.29, 1.82) is 0 Å². The molecule has 2 aliphatic heterocycles. The standard InChI is InChI=1S/C24H31N3O/c1-19-7-2-3-11-23(19)26-13-6-14-27(16-15-26)24(28)21-9-4-8-20(17-21)22-10-5-12-25-18-22/h2-4,7-9,11,17,22,25H,5-6,10,12-16,18H2,1H3/t22-/m1/s1. The van der Waals surface area contributed by atoms with Crippen molar-refractivity contribution in [3.05, 3.63) is 65.2 Å². The normalized spacial score (nSPS) is 20.7. The fourth-order valence-corrected chi connectivity index (χ4v) is 4.52. The number of piperidine rings is 1. The molecule has 4 nitrogen and oxygen atoms in total. The Balaban J connectivity index is 1.44. The van der Waals surface area contributed by atoms with Gasteiger partial charge in [0.15, 0.2) is 0 Å². The molecule has 148 valence electrons. The average Bonchev–Trinajstić information content (AvgIpc) is 3.00. The van der Waals surface area contributed by atoms with Crippen molar-refractivity contribution in [3.8, 4) is 0 Å². The van der Waals surface area contributed by atoms with Gasteiger partial charge in [-0.05, 0) is 68.0 Å². The van der Waals surface area contributed by atoms with E-state index in [0.717, 1.165) is 51.3 Å². The lowest BCUT2D eigenvalue weighted by Gasteiger charge is -2.26. The number of hydrogen-bond donors (Lipinski definition) is 1. The lowest BCUT2D eigenvalue weighted by molar-refractivity contribution is 0.0767. The van der Waals surface area contributed by atoms with Crippen molar-refractivity contribution in [2.45, 2.75) is 32.1 Å². The molecule has 2 fully saturated rings. The van der Waals surface area contributed by atoms with Crippen LogP contribution in [-0.4, -0.2) is 50.1 Å². The molecule has 0 unspecified atom stereocenters. The van der Waals surface area contributed by atoms with Gasteiger partial charge in [-0.15, -0.1) is 0 Å². The number of benzene rings is 2. The first-order chi connectivity index (χ1) is 13.7. The highest BCUT2D eigenvalue weighted by molar-refractivity contribution is 5.94. The summed E-state index contributed by atoms with van der Waals surface area (Å²) in [6.45, 7) is 7.80. The van der Waals surface area contributed by atoms with Gasteiger partial charge >= 0.3 is 0 Å². The SMILES string of the molecule is Cc1ccccc1N1CCCN(C(=O)c2cccc([C@@H]3CCCNC3)c2)CC1. The van der Waals surface area contributed by atoms with Crippen molar-refractivity contribution >= 4 is 11.6 Å². The Morgan fingerprint density at radius 3 is 2.71 bits per heavy atom. The van der Waals surface area contributed by atoms with Gasteiger partial charge in [0.1, 0.15) is 0 Å². The molecule has 1 amide bonds. The molecule has 2 heterocycles. The van der Waals surface area contributed by atoms with E-state index in [4.69, 9.17) is 0 Å². The summed E-state index contributed by atoms with van der Waals surface area (Å²) in [6.07, 6.45) is 3.43. The van der Waals surface area contributed by atoms with E-state index in [-0.39, 0.29) is 5.91 Å². The molecule has 4 rings (SSSR count). The number of nitrogens with zero attached hydrogens (tertiary/aromatic N) is 2. The number of hydrogen-bond acceptors (Lipinski definition) is 3. The molecule has 0 saturated carbocycles. The summed E-state index contributed by atoms with van der Waals surface area (Å²) in [7, 11) is 0. The van der Waals surface area contributed by atoms with Crippen LogP contribution in [0.2, 0.25) is 0 Å². The van der Waals surface area contributed by atoms with Crippen molar-refractivity contribution in [2.24, 2.45) is 0 Å². The molecular weight excluding hydrogens is 346 g/mol. The number of aryl methyl sites for hydroxylation is 1. The summed E-state index contributed by atoms with van der Waals surface area (Å²) < 4.78 is 0. The monoisotopic (exact) mass is 377 g/mol. The number of carbonyl (C=O) groups is 1. The summed E-state index contributed by atoms with van der Waals surface area (Å²) in [6, 6.07) is 16.9. The molecule has 0 bridgehead atoms. The molecule has 0 aliphatic carbocycles. The Bertz CT molecular complexity index is 813. The largest absolute Gasteiger partial charge is 0.369 e. The highest BCUT2D eigenvalue weighted by atomic mass is 16.2. The van der Waals surface area contributed by atoms with Crippen LogP contribution in [0.4, 0.5) is 5.69 Å². The maximum absolute atomic E-state index is 13.2. The molecule has 2 aromatic rings. The maximum Gasteiger partial charge on any atom is 0.253 e. The van der Waals surface area contributed by atoms with Crippen molar-refractivity contribution < 1.29 is 4.79 Å². The topological polar surface area (TPSA) is 35.6 Å². The predicted octanol–water partition coefficient (Wildman–Crippen LogP) is 3.81. The van der Waals surface area contributed by atoms with Crippen LogP contribution in [0.25, 0.3) is 0 Å². The van der Waals surface area contributed by atoms with Gasteiger partial charge in [0.25, 0.3) is 5.91 Å². The fraction of sp³-hybridized carbons (Fsp3) is 0.458. The minimum atomic E-state index is 0.178. The molecule has 1 atom stereocenters. The van der Waals surface area contributed by atoms with Crippen LogP contribution >= 0.6 is 0 Å². The summed E-state index contributed by atoms with van der Waals surface area (Å²) >= 11 is 0. The van der Waals surface area contributed by atoms with Crippen LogP contribution in [0.15, 0.2) is 48.5 Å². The summed E-state index contributed by atoms with van der Waals surface area (Å²) in [5.74, 6) is 0.708. The zero-order chi connectivity index (χ0) is 19.3. The van der Waals surface area contributed by atoms with Gasteiger partial charge in [-0.2, -0.15) is 0 Å². The van der Waals surface area contributed by atoms with Crippen LogP contribution in [0.5, 0.6) is 0 Å². The first-order valence-electron chi connectivity index (χ1n) is 10.6. The number of nitrogens with one attached hydrogen (secondary N) is 1. The van der Waals surface area contributed by atoms with E-state index in [1.165, 1.54) is 29.7 Å². The van der Waals surface area contributed by atoms with Gasteiger partial charge in [-0.1, -0.05) is 30.3 Å². The average molecular weight is 378 g/mol. The smallest absolute Gasteiger partial charge is 0.253 e. The Hall–Kier alpha value is -2.33. The molecule has 28 heavy (non-hydrogen) atoms. The number of carbonyl (C=O) groups excluding carboxylic acids is 1. The molecule has 2 saturated heterocycles. The second-order valence-electron chi connectivity index (χ2n) is 8.09. The molecule has 0 spiro atoms. The van der Waals surface area contributed by atoms with Crippen molar-refractivity contribution in [3.63, 3.8) is 0 Å². The number of anilines is 1. The van der Waals surface area contributed by atoms with E-state index in [0.29, 0.717) is 5.92 Å². The van der Waals surface area contributed by atoms with Gasteiger partial charge < -0.3 is 15.1 Å². The first-order valence-corrected chi connectivity index (χ1v) is 10.6. The molecule has 4 heteroatoms. The lowest BCUT2D eigenvalue weighted by atomic mass is 9.90. The zero-order valence-electron chi connectivity index (χ0n) is 16.9. The van der Waals surface area contributed by atoms with Crippen LogP contribution < -0.4 is 10.2 Å². The van der Waals surface area contributed by atoms with Crippen molar-refractivity contribution in [2.75, 3.05) is 44.2 Å². The molecular formula is C24H31N3O. The molecule has 2 aromatic carbocycles. The molecule has 1 N–H and O–H groups in total. The minimum absolute atomic E-state index is 0.178. The van der Waals surface area contributed by atoms with E-state index in [9.17, 15) is 4.79 Å². The Labute approximate surface area is 168 Å². The molecule has 0 aromatic heterocycles. The van der Waals surface area contributed by atoms with E-state index in [1.54, 1.807) is 0 Å². The van der Waals surface area contributed by atoms with Crippen molar-refractivity contribution in [1.82, 2.24) is 10.2 Å². The Morgan fingerprint density at radius 1 is 1.00 bits per heavy atom. The lowest BCUT2D eigenvalue weighted by Crippen LogP contribution is -2.35. The molecule has 0 radical (unpaired) electrons. The van der Waals surface area contributed by atoms with Gasteiger partial charge in [-0.3, -0.25) is 4.79 Å². The van der Waals surface area contributed by atoms with Crippen LogP contribution in [-0.2, 0) is 0 Å². The quantitative estimate of drug-likeness (QED) is 0.883. The predicted molar refractivity (Wildman–Crippen MR) is 115 cm³/mol. The maximum atomic E-state index is 13.2. The van der Waals surface area contributed by atoms with Crippen LogP contribution in [0, 0.1) is 6.92 Å². The van der Waals surface area contributed by atoms with E-state index in [2.05, 4.69) is 59.6 Å². The number of amides is 1. The van der Waals surface area contributed by atoms with Gasteiger partial charge in [-0.25, -0.2) is 0 Å². The van der Waals surface area contributed by atoms with Crippen LogP contribution in [0.1, 0.15) is 46.7 Å². The molecule has 2 aliphatic rings. The highest BCUT2D eigenvalue weighted by Crippen LogP contribution is 2.25. The third-order valence-electron chi connectivity index (χ3n) is 6.14. The third-order valence-corrected chi connectivity index (χ3v) is 6.14. The third kappa shape index (κ3) is 4.22. The Kier molecular flexibility index (Phi) is 5.96. The first kappa shape index (κ1) is 19.0. The van der Waals surface area contributed by atoms with Gasteiger partial charge in [0, 0.05) is 44.0 Å². The minimum Gasteiger partial charge on any atom is -0.369 e. The number of para-hydroxylation sites is 1. The fourth-order valence-electron chi connectivity index (χ4n) is 4.52. The van der Waals surface area contributed by atoms with E-state index in [1.807, 2.05) is 11.0 Å². The van der Waals surface area contributed by atoms with Gasteiger partial charge in [0.2, 0.25) is 0 Å². The zero-order valence-corrected chi connectivity index (χ0v) is 16.9. The second-order valence-corrected chi connectivity index (χ2v) is 8.09. The Morgan fingerprint density at radius 2 is 1.89 bits per heavy atom. The summed E-state index contributed by atoms with van der Waals surface area (Å²) in [4.78, 5) is 17.7.